The van der Waals surface area contributed by atoms with Gasteiger partial charge < -0.3 is 15.5 Å². The quantitative estimate of drug-likeness (QED) is 0.696. The number of carbonyl (C=O) groups excluding carboxylic acids is 1. The molecule has 0 saturated heterocycles. The Labute approximate surface area is 165 Å². The monoisotopic (exact) mass is 376 g/mol. The Balaban J connectivity index is 1.74. The molecule has 144 valence electrons. The zero-order chi connectivity index (χ0) is 20.1. The van der Waals surface area contributed by atoms with Crippen molar-refractivity contribution in [3.05, 3.63) is 66.5 Å². The van der Waals surface area contributed by atoms with Crippen LogP contribution in [0.1, 0.15) is 5.56 Å². The zero-order valence-corrected chi connectivity index (χ0v) is 16.5. The van der Waals surface area contributed by atoms with E-state index in [1.54, 1.807) is 13.1 Å². The summed E-state index contributed by atoms with van der Waals surface area (Å²) in [5.74, 6) is 1.10. The number of anilines is 5. The zero-order valence-electron chi connectivity index (χ0n) is 16.5. The van der Waals surface area contributed by atoms with Crippen LogP contribution in [0.15, 0.2) is 60.9 Å². The molecule has 7 nitrogen and oxygen atoms in total. The first-order valence-corrected chi connectivity index (χ1v) is 8.91. The lowest BCUT2D eigenvalue weighted by Gasteiger charge is -2.18. The molecule has 7 heteroatoms. The highest BCUT2D eigenvalue weighted by Crippen LogP contribution is 2.22. The molecule has 0 bridgehead atoms. The van der Waals surface area contributed by atoms with Crippen LogP contribution in [0.5, 0.6) is 0 Å². The molecule has 28 heavy (non-hydrogen) atoms. The number of carbonyl (C=O) groups is 1. The summed E-state index contributed by atoms with van der Waals surface area (Å²) in [7, 11) is 5.65. The molecule has 3 aromatic rings. The van der Waals surface area contributed by atoms with Gasteiger partial charge in [0.25, 0.3) is 0 Å². The smallest absolute Gasteiger partial charge is 0.327 e. The third-order valence-corrected chi connectivity index (χ3v) is 4.32. The van der Waals surface area contributed by atoms with Crippen LogP contribution in [0.4, 0.5) is 33.5 Å². The summed E-state index contributed by atoms with van der Waals surface area (Å²) in [4.78, 5) is 24.5. The van der Waals surface area contributed by atoms with E-state index in [0.29, 0.717) is 11.6 Å². The molecule has 2 N–H and O–H groups in total. The van der Waals surface area contributed by atoms with E-state index in [4.69, 9.17) is 0 Å². The lowest BCUT2D eigenvalue weighted by molar-refractivity contribution is 0.258. The van der Waals surface area contributed by atoms with Gasteiger partial charge in [-0.15, -0.1) is 0 Å². The van der Waals surface area contributed by atoms with Crippen molar-refractivity contribution in [2.24, 2.45) is 0 Å². The van der Waals surface area contributed by atoms with Gasteiger partial charge in [-0.05, 0) is 36.8 Å². The van der Waals surface area contributed by atoms with Crippen LogP contribution in [-0.4, -0.2) is 37.1 Å². The third kappa shape index (κ3) is 4.56. The molecule has 0 unspecified atom stereocenters. The molecule has 0 fully saturated rings. The molecule has 0 spiro atoms. The highest BCUT2D eigenvalue weighted by Gasteiger charge is 2.14. The topological polar surface area (TPSA) is 73.4 Å². The van der Waals surface area contributed by atoms with E-state index in [0.717, 1.165) is 22.6 Å². The van der Waals surface area contributed by atoms with Crippen LogP contribution in [0.2, 0.25) is 0 Å². The normalized spacial score (nSPS) is 10.3. The molecule has 2 aromatic carbocycles. The van der Waals surface area contributed by atoms with Gasteiger partial charge >= 0.3 is 6.03 Å². The summed E-state index contributed by atoms with van der Waals surface area (Å²) in [6.07, 6.45) is 1.44. The van der Waals surface area contributed by atoms with Crippen molar-refractivity contribution in [2.45, 2.75) is 6.92 Å². The summed E-state index contributed by atoms with van der Waals surface area (Å²) in [5, 5.41) is 6.15. The minimum atomic E-state index is -0.270. The Bertz CT molecular complexity index is 972. The molecule has 0 aliphatic carbocycles. The van der Waals surface area contributed by atoms with Gasteiger partial charge in [0.1, 0.15) is 18.0 Å². The van der Waals surface area contributed by atoms with Crippen molar-refractivity contribution in [3.63, 3.8) is 0 Å². The summed E-state index contributed by atoms with van der Waals surface area (Å²) < 4.78 is 0. The highest BCUT2D eigenvalue weighted by molar-refractivity contribution is 6.01. The fraction of sp³-hybridized carbons (Fsp3) is 0.190. The van der Waals surface area contributed by atoms with Gasteiger partial charge in [0, 0.05) is 44.3 Å². The lowest BCUT2D eigenvalue weighted by Crippen LogP contribution is -2.32. The first kappa shape index (κ1) is 19.2. The van der Waals surface area contributed by atoms with Crippen LogP contribution in [0.3, 0.4) is 0 Å². The number of rotatable bonds is 5. The predicted molar refractivity (Wildman–Crippen MR) is 115 cm³/mol. The Hall–Kier alpha value is -3.61. The molecule has 3 rings (SSSR count). The highest BCUT2D eigenvalue weighted by atomic mass is 16.2. The maximum absolute atomic E-state index is 12.6. The van der Waals surface area contributed by atoms with Crippen LogP contribution in [0.25, 0.3) is 0 Å². The molecule has 0 aliphatic rings. The molecular formula is C21H24N6O. The van der Waals surface area contributed by atoms with Crippen LogP contribution >= 0.6 is 0 Å². The maximum Gasteiger partial charge on any atom is 0.327 e. The number of nitrogens with zero attached hydrogens (tertiary/aromatic N) is 4. The fourth-order valence-corrected chi connectivity index (χ4v) is 2.62. The number of urea groups is 1. The molecule has 2 amide bonds. The predicted octanol–water partition coefficient (Wildman–Crippen LogP) is 4.26. The number of benzene rings is 2. The van der Waals surface area contributed by atoms with E-state index in [2.05, 4.69) is 20.6 Å². The fourth-order valence-electron chi connectivity index (χ4n) is 2.62. The second-order valence-electron chi connectivity index (χ2n) is 6.64. The average molecular weight is 376 g/mol. The van der Waals surface area contributed by atoms with Crippen molar-refractivity contribution in [3.8, 4) is 0 Å². The number of para-hydroxylation sites is 1. The Morgan fingerprint density at radius 2 is 1.75 bits per heavy atom. The Kier molecular flexibility index (Phi) is 5.74. The third-order valence-electron chi connectivity index (χ3n) is 4.32. The van der Waals surface area contributed by atoms with Gasteiger partial charge in [-0.25, -0.2) is 14.8 Å². The Morgan fingerprint density at radius 3 is 2.50 bits per heavy atom. The van der Waals surface area contributed by atoms with Gasteiger partial charge in [0.05, 0.1) is 0 Å². The van der Waals surface area contributed by atoms with Gasteiger partial charge in [0.15, 0.2) is 0 Å². The summed E-state index contributed by atoms with van der Waals surface area (Å²) in [6.45, 7) is 1.95. The summed E-state index contributed by atoms with van der Waals surface area (Å²) in [5.41, 5.74) is 3.75. The van der Waals surface area contributed by atoms with Crippen molar-refractivity contribution >= 4 is 34.7 Å². The molecule has 1 heterocycles. The lowest BCUT2D eigenvalue weighted by atomic mass is 10.2. The van der Waals surface area contributed by atoms with Gasteiger partial charge in [-0.3, -0.25) is 4.90 Å². The van der Waals surface area contributed by atoms with Crippen molar-refractivity contribution in [1.82, 2.24) is 9.97 Å². The average Bonchev–Trinajstić information content (AvgIpc) is 2.69. The largest absolute Gasteiger partial charge is 0.378 e. The van der Waals surface area contributed by atoms with Crippen molar-refractivity contribution in [1.29, 1.82) is 0 Å². The van der Waals surface area contributed by atoms with Crippen LogP contribution in [0, 0.1) is 6.92 Å². The van der Waals surface area contributed by atoms with E-state index >= 15 is 0 Å². The number of aromatic nitrogens is 2. The number of aryl methyl sites for hydroxylation is 1. The number of nitrogens with one attached hydrogen (secondary N) is 2. The first-order chi connectivity index (χ1) is 13.4. The van der Waals surface area contributed by atoms with Gasteiger partial charge in [0.2, 0.25) is 0 Å². The molecule has 0 saturated carbocycles. The SMILES string of the molecule is Cc1ccccc1NC(=O)N(C)c1cc(Nc2cccc(N(C)C)c2)ncn1. The summed E-state index contributed by atoms with van der Waals surface area (Å²) in [6, 6.07) is 17.1. The minimum absolute atomic E-state index is 0.270. The standard InChI is InChI=1S/C21H24N6O/c1-15-8-5-6-11-18(15)25-21(28)27(4)20-13-19(22-14-23-20)24-16-9-7-10-17(12-16)26(2)3/h5-14H,1-4H3,(H,25,28)(H,22,23,24). The van der Waals surface area contributed by atoms with Crippen LogP contribution < -0.4 is 20.4 Å². The van der Waals surface area contributed by atoms with Crippen molar-refractivity contribution in [2.75, 3.05) is 41.6 Å². The second-order valence-corrected chi connectivity index (χ2v) is 6.64. The second kappa shape index (κ2) is 8.39. The van der Waals surface area contributed by atoms with Crippen molar-refractivity contribution < 1.29 is 4.79 Å². The molecule has 0 atom stereocenters. The molecule has 0 aliphatic heterocycles. The molecular weight excluding hydrogens is 352 g/mol. The number of hydrogen-bond donors (Lipinski definition) is 2. The van der Waals surface area contributed by atoms with E-state index < -0.39 is 0 Å². The van der Waals surface area contributed by atoms with Gasteiger partial charge in [-0.2, -0.15) is 0 Å². The summed E-state index contributed by atoms with van der Waals surface area (Å²) >= 11 is 0. The van der Waals surface area contributed by atoms with E-state index in [1.165, 1.54) is 11.2 Å². The van der Waals surface area contributed by atoms with E-state index in [-0.39, 0.29) is 6.03 Å². The molecule has 1 aromatic heterocycles. The number of hydrogen-bond acceptors (Lipinski definition) is 5. The molecule has 0 radical (unpaired) electrons. The van der Waals surface area contributed by atoms with Crippen LogP contribution in [-0.2, 0) is 0 Å². The van der Waals surface area contributed by atoms with E-state index in [1.807, 2.05) is 74.4 Å². The van der Waals surface area contributed by atoms with Gasteiger partial charge in [-0.1, -0.05) is 24.3 Å². The van der Waals surface area contributed by atoms with E-state index in [9.17, 15) is 4.79 Å². The first-order valence-electron chi connectivity index (χ1n) is 8.91. The minimum Gasteiger partial charge on any atom is -0.378 e. The number of amides is 2. The maximum atomic E-state index is 12.6. The Morgan fingerprint density at radius 1 is 0.964 bits per heavy atom.